The Balaban J connectivity index is 1.54. The van der Waals surface area contributed by atoms with Crippen LogP contribution in [0.1, 0.15) is 42.5 Å². The van der Waals surface area contributed by atoms with Gasteiger partial charge < -0.3 is 16.0 Å². The summed E-state index contributed by atoms with van der Waals surface area (Å²) < 4.78 is 13.3. The van der Waals surface area contributed by atoms with Gasteiger partial charge in [0.2, 0.25) is 11.9 Å². The Bertz CT molecular complexity index is 1040. The first-order valence-corrected chi connectivity index (χ1v) is 9.97. The number of hydrogen-bond donors (Lipinski definition) is 4. The fourth-order valence-electron chi connectivity index (χ4n) is 3.04. The van der Waals surface area contributed by atoms with E-state index in [4.69, 9.17) is 11.6 Å². The summed E-state index contributed by atoms with van der Waals surface area (Å²) in [7, 11) is 1.56. The highest BCUT2D eigenvalue weighted by molar-refractivity contribution is 6.32. The lowest BCUT2D eigenvalue weighted by Crippen LogP contribution is -2.24. The number of amides is 1. The predicted octanol–water partition coefficient (Wildman–Crippen LogP) is 3.90. The smallest absolute Gasteiger partial charge is 0.225 e. The summed E-state index contributed by atoms with van der Waals surface area (Å²) in [4.78, 5) is 20.6. The molecule has 156 valence electrons. The summed E-state index contributed by atoms with van der Waals surface area (Å²) in [6.07, 6.45) is 3.93. The maximum absolute atomic E-state index is 13.3. The first kappa shape index (κ1) is 20.1. The number of carbonyl (C=O) groups is 1. The molecule has 0 bridgehead atoms. The largest absolute Gasteiger partial charge is 0.359 e. The van der Waals surface area contributed by atoms with Gasteiger partial charge in [-0.25, -0.2) is 9.37 Å². The van der Waals surface area contributed by atoms with Crippen molar-refractivity contribution in [3.63, 3.8) is 0 Å². The third kappa shape index (κ3) is 4.85. The molecule has 0 spiro atoms. The number of halogens is 2. The summed E-state index contributed by atoms with van der Waals surface area (Å²) >= 11 is 6.25. The zero-order chi connectivity index (χ0) is 21.1. The van der Waals surface area contributed by atoms with E-state index in [-0.39, 0.29) is 24.1 Å². The average Bonchev–Trinajstić information content (AvgIpc) is 3.49. The van der Waals surface area contributed by atoms with Gasteiger partial charge in [0.25, 0.3) is 0 Å². The number of carbonyl (C=O) groups excluding carboxylic acids is 1. The second-order valence-electron chi connectivity index (χ2n) is 7.12. The molecule has 1 amide bonds. The number of rotatable bonds is 8. The molecule has 30 heavy (non-hydrogen) atoms. The lowest BCUT2D eigenvalue weighted by atomic mass is 10.0. The molecule has 0 saturated heterocycles. The summed E-state index contributed by atoms with van der Waals surface area (Å²) in [5.74, 6) is 1.31. The highest BCUT2D eigenvalue weighted by Gasteiger charge is 2.25. The number of aromatic amines is 1. The number of aromatic nitrogens is 4. The average molecular weight is 430 g/mol. The van der Waals surface area contributed by atoms with E-state index < -0.39 is 6.04 Å². The van der Waals surface area contributed by atoms with Crippen molar-refractivity contribution in [2.45, 2.75) is 31.2 Å². The Morgan fingerprint density at radius 1 is 1.33 bits per heavy atom. The van der Waals surface area contributed by atoms with Gasteiger partial charge in [0.1, 0.15) is 10.8 Å². The van der Waals surface area contributed by atoms with Crippen LogP contribution in [0.2, 0.25) is 5.02 Å². The van der Waals surface area contributed by atoms with E-state index in [0.29, 0.717) is 22.6 Å². The normalized spacial score (nSPS) is 14.2. The van der Waals surface area contributed by atoms with E-state index in [1.165, 1.54) is 31.2 Å². The fourth-order valence-corrected chi connectivity index (χ4v) is 3.18. The number of nitrogens with zero attached hydrogens (tertiary/aromatic N) is 3. The zero-order valence-corrected chi connectivity index (χ0v) is 17.0. The van der Waals surface area contributed by atoms with Crippen LogP contribution in [0.15, 0.2) is 36.5 Å². The molecule has 8 nitrogen and oxygen atoms in total. The van der Waals surface area contributed by atoms with E-state index in [1.54, 1.807) is 19.2 Å². The Labute approximate surface area is 177 Å². The lowest BCUT2D eigenvalue weighted by Gasteiger charge is -2.19. The summed E-state index contributed by atoms with van der Waals surface area (Å²) in [5, 5.41) is 16.4. The van der Waals surface area contributed by atoms with Crippen LogP contribution in [0, 0.1) is 5.82 Å². The van der Waals surface area contributed by atoms with Crippen LogP contribution < -0.4 is 16.0 Å². The van der Waals surface area contributed by atoms with Crippen molar-refractivity contribution in [1.82, 2.24) is 25.5 Å². The van der Waals surface area contributed by atoms with Gasteiger partial charge in [0.15, 0.2) is 11.6 Å². The molecule has 1 aliphatic carbocycles. The molecule has 10 heteroatoms. The second-order valence-corrected chi connectivity index (χ2v) is 7.53. The van der Waals surface area contributed by atoms with Gasteiger partial charge >= 0.3 is 0 Å². The standard InChI is InChI=1S/C20H21ClFN7O/c1-23-18(30)9-15(11-4-6-13(22)7-5-11)25-20-24-10-14(21)19(27-20)26-17-8-16(28-29-17)12-2-3-12/h4-8,10,12,15H,2-3,9H2,1H3,(H,23,30)(H3,24,25,26,27,28,29)/t15-/m0/s1. The number of anilines is 3. The Hall–Kier alpha value is -3.20. The summed E-state index contributed by atoms with van der Waals surface area (Å²) in [6, 6.07) is 7.42. The summed E-state index contributed by atoms with van der Waals surface area (Å²) in [5.41, 5.74) is 1.82. The topological polar surface area (TPSA) is 108 Å². The first-order valence-electron chi connectivity index (χ1n) is 9.59. The second kappa shape index (κ2) is 8.66. The van der Waals surface area contributed by atoms with E-state index >= 15 is 0 Å². The molecule has 1 saturated carbocycles. The molecule has 4 rings (SSSR count). The van der Waals surface area contributed by atoms with Crippen LogP contribution in [0.25, 0.3) is 0 Å². The molecule has 1 fully saturated rings. The monoisotopic (exact) mass is 429 g/mol. The molecule has 1 aliphatic rings. The number of hydrogen-bond acceptors (Lipinski definition) is 6. The highest BCUT2D eigenvalue weighted by Crippen LogP contribution is 2.39. The van der Waals surface area contributed by atoms with Crippen LogP contribution in [-0.4, -0.2) is 33.1 Å². The molecule has 0 aliphatic heterocycles. The molecule has 3 aromatic rings. The predicted molar refractivity (Wildman–Crippen MR) is 112 cm³/mol. The lowest BCUT2D eigenvalue weighted by molar-refractivity contribution is -0.120. The molecule has 2 aromatic heterocycles. The molecule has 1 aromatic carbocycles. The van der Waals surface area contributed by atoms with Gasteiger partial charge in [-0.1, -0.05) is 23.7 Å². The van der Waals surface area contributed by atoms with Gasteiger partial charge in [-0.15, -0.1) is 0 Å². The van der Waals surface area contributed by atoms with Crippen molar-refractivity contribution in [3.05, 3.63) is 58.6 Å². The highest BCUT2D eigenvalue weighted by atomic mass is 35.5. The Morgan fingerprint density at radius 2 is 2.10 bits per heavy atom. The zero-order valence-electron chi connectivity index (χ0n) is 16.2. The minimum Gasteiger partial charge on any atom is -0.359 e. The molecule has 1 atom stereocenters. The van der Waals surface area contributed by atoms with Crippen molar-refractivity contribution in [2.24, 2.45) is 0 Å². The van der Waals surface area contributed by atoms with E-state index in [2.05, 4.69) is 36.1 Å². The maximum atomic E-state index is 13.3. The van der Waals surface area contributed by atoms with Gasteiger partial charge in [-0.3, -0.25) is 9.89 Å². The molecule has 0 radical (unpaired) electrons. The van der Waals surface area contributed by atoms with Gasteiger partial charge in [-0.05, 0) is 30.5 Å². The van der Waals surface area contributed by atoms with Crippen molar-refractivity contribution < 1.29 is 9.18 Å². The third-order valence-corrected chi connectivity index (χ3v) is 5.13. The van der Waals surface area contributed by atoms with Crippen LogP contribution in [-0.2, 0) is 4.79 Å². The van der Waals surface area contributed by atoms with Crippen molar-refractivity contribution >= 4 is 35.1 Å². The van der Waals surface area contributed by atoms with E-state index in [1.807, 2.05) is 6.07 Å². The van der Waals surface area contributed by atoms with Crippen molar-refractivity contribution in [2.75, 3.05) is 17.7 Å². The quantitative estimate of drug-likeness (QED) is 0.432. The molecular weight excluding hydrogens is 409 g/mol. The molecular formula is C20H21ClFN7O. The Morgan fingerprint density at radius 3 is 2.80 bits per heavy atom. The number of nitrogens with one attached hydrogen (secondary N) is 4. The Kier molecular flexibility index (Phi) is 5.80. The van der Waals surface area contributed by atoms with Crippen LogP contribution in [0.5, 0.6) is 0 Å². The van der Waals surface area contributed by atoms with Crippen LogP contribution >= 0.6 is 11.6 Å². The SMILES string of the molecule is CNC(=O)C[C@H](Nc1ncc(Cl)c(Nc2cc(C3CC3)[nH]n2)n1)c1ccc(F)cc1. The van der Waals surface area contributed by atoms with E-state index in [9.17, 15) is 9.18 Å². The number of H-pyrrole nitrogens is 1. The van der Waals surface area contributed by atoms with Crippen LogP contribution in [0.3, 0.4) is 0 Å². The first-order chi connectivity index (χ1) is 14.5. The van der Waals surface area contributed by atoms with Gasteiger partial charge in [0, 0.05) is 24.7 Å². The number of benzene rings is 1. The van der Waals surface area contributed by atoms with Gasteiger partial charge in [-0.2, -0.15) is 10.1 Å². The minimum absolute atomic E-state index is 0.126. The van der Waals surface area contributed by atoms with Crippen LogP contribution in [0.4, 0.5) is 22.0 Å². The fraction of sp³-hybridized carbons (Fsp3) is 0.300. The molecule has 2 heterocycles. The van der Waals surface area contributed by atoms with Crippen molar-refractivity contribution in [3.8, 4) is 0 Å². The van der Waals surface area contributed by atoms with E-state index in [0.717, 1.165) is 11.3 Å². The maximum Gasteiger partial charge on any atom is 0.225 e. The minimum atomic E-state index is -0.452. The molecule has 0 unspecified atom stereocenters. The molecule has 4 N–H and O–H groups in total. The third-order valence-electron chi connectivity index (χ3n) is 4.85. The van der Waals surface area contributed by atoms with Gasteiger partial charge in [0.05, 0.1) is 18.7 Å². The summed E-state index contributed by atoms with van der Waals surface area (Å²) in [6.45, 7) is 0. The van der Waals surface area contributed by atoms with Crippen molar-refractivity contribution in [1.29, 1.82) is 0 Å².